The Balaban J connectivity index is 1.80. The van der Waals surface area contributed by atoms with Crippen LogP contribution >= 0.6 is 0 Å². The Morgan fingerprint density at radius 1 is 1.38 bits per heavy atom. The quantitative estimate of drug-likeness (QED) is 0.936. The van der Waals surface area contributed by atoms with Gasteiger partial charge >= 0.3 is 0 Å². The van der Waals surface area contributed by atoms with Gasteiger partial charge in [-0.25, -0.2) is 9.67 Å². The van der Waals surface area contributed by atoms with Gasteiger partial charge in [-0.1, -0.05) is 18.2 Å². The van der Waals surface area contributed by atoms with Gasteiger partial charge in [-0.3, -0.25) is 0 Å². The predicted octanol–water partition coefficient (Wildman–Crippen LogP) is 2.30. The lowest BCUT2D eigenvalue weighted by Crippen LogP contribution is -2.35. The molecule has 0 saturated carbocycles. The summed E-state index contributed by atoms with van der Waals surface area (Å²) in [6.07, 6.45) is 3.30. The number of rotatable bonds is 4. The normalized spacial score (nSPS) is 19.1. The second-order valence-electron chi connectivity index (χ2n) is 5.86. The van der Waals surface area contributed by atoms with Gasteiger partial charge in [0.2, 0.25) is 0 Å². The maximum atomic E-state index is 6.49. The summed E-state index contributed by atoms with van der Waals surface area (Å²) >= 11 is 0. The maximum Gasteiger partial charge on any atom is 0.138 e. The molecule has 5 heteroatoms. The molecule has 1 aromatic carbocycles. The molecule has 0 spiro atoms. The smallest absolute Gasteiger partial charge is 0.138 e. The molecule has 3 rings (SSSR count). The van der Waals surface area contributed by atoms with Crippen LogP contribution in [0.2, 0.25) is 0 Å². The summed E-state index contributed by atoms with van der Waals surface area (Å²) in [6, 6.07) is 8.51. The second-order valence-corrected chi connectivity index (χ2v) is 5.86. The summed E-state index contributed by atoms with van der Waals surface area (Å²) in [7, 11) is 0. The van der Waals surface area contributed by atoms with Crippen molar-refractivity contribution in [2.75, 3.05) is 6.61 Å². The van der Waals surface area contributed by atoms with E-state index in [1.54, 1.807) is 6.33 Å². The van der Waals surface area contributed by atoms with Gasteiger partial charge in [-0.2, -0.15) is 5.10 Å². The Hall–Kier alpha value is -1.88. The van der Waals surface area contributed by atoms with Gasteiger partial charge in [0.1, 0.15) is 17.9 Å². The Kier molecular flexibility index (Phi) is 3.92. The Morgan fingerprint density at radius 2 is 2.19 bits per heavy atom. The van der Waals surface area contributed by atoms with Crippen LogP contribution in [0, 0.1) is 0 Å². The van der Waals surface area contributed by atoms with Crippen molar-refractivity contribution in [2.24, 2.45) is 5.73 Å². The fourth-order valence-electron chi connectivity index (χ4n) is 3.02. The molecule has 2 atom stereocenters. The minimum Gasteiger partial charge on any atom is -0.493 e. The molecular weight excluding hydrogens is 264 g/mol. The number of benzene rings is 1. The molecule has 2 aromatic rings. The van der Waals surface area contributed by atoms with Crippen LogP contribution in [0.4, 0.5) is 0 Å². The summed E-state index contributed by atoms with van der Waals surface area (Å²) in [5.41, 5.74) is 7.70. The van der Waals surface area contributed by atoms with Crippen LogP contribution in [0.1, 0.15) is 43.6 Å². The van der Waals surface area contributed by atoms with E-state index in [-0.39, 0.29) is 6.04 Å². The second kappa shape index (κ2) is 5.85. The predicted molar refractivity (Wildman–Crippen MR) is 81.4 cm³/mol. The van der Waals surface area contributed by atoms with E-state index in [0.717, 1.165) is 31.0 Å². The van der Waals surface area contributed by atoms with E-state index in [2.05, 4.69) is 30.0 Å². The van der Waals surface area contributed by atoms with Crippen molar-refractivity contribution in [3.8, 4) is 5.75 Å². The van der Waals surface area contributed by atoms with E-state index < -0.39 is 0 Å². The zero-order valence-corrected chi connectivity index (χ0v) is 12.6. The van der Waals surface area contributed by atoms with E-state index in [9.17, 15) is 0 Å². The first-order valence-corrected chi connectivity index (χ1v) is 7.52. The topological polar surface area (TPSA) is 66.0 Å². The summed E-state index contributed by atoms with van der Waals surface area (Å²) in [4.78, 5) is 4.37. The summed E-state index contributed by atoms with van der Waals surface area (Å²) in [5.74, 6) is 2.24. The van der Waals surface area contributed by atoms with Crippen molar-refractivity contribution in [3.63, 3.8) is 0 Å². The van der Waals surface area contributed by atoms with Crippen LogP contribution in [0.25, 0.3) is 0 Å². The molecule has 0 saturated heterocycles. The first kappa shape index (κ1) is 14.1. The number of hydrogen-bond acceptors (Lipinski definition) is 4. The van der Waals surface area contributed by atoms with E-state index in [4.69, 9.17) is 10.5 Å². The third-order valence-electron chi connectivity index (χ3n) is 4.08. The van der Waals surface area contributed by atoms with Crippen LogP contribution in [-0.4, -0.2) is 27.4 Å². The van der Waals surface area contributed by atoms with Crippen LogP contribution in [0.5, 0.6) is 5.75 Å². The highest BCUT2D eigenvalue weighted by atomic mass is 16.5. The van der Waals surface area contributed by atoms with E-state index in [0.29, 0.717) is 12.0 Å². The average molecular weight is 286 g/mol. The van der Waals surface area contributed by atoms with E-state index in [1.807, 2.05) is 22.9 Å². The molecule has 1 aliphatic rings. The van der Waals surface area contributed by atoms with Crippen molar-refractivity contribution in [2.45, 2.75) is 44.7 Å². The van der Waals surface area contributed by atoms with Crippen molar-refractivity contribution in [1.82, 2.24) is 14.8 Å². The molecule has 0 fully saturated rings. The lowest BCUT2D eigenvalue weighted by Gasteiger charge is -2.30. The van der Waals surface area contributed by atoms with Crippen LogP contribution in [0.15, 0.2) is 30.6 Å². The standard InChI is InChI=1S/C16H22N4O/c1-11(2)20-16(18-10-19-20)9-14(17)12-7-8-21-15-6-4-3-5-13(12)15/h3-6,10-12,14H,7-9,17H2,1-2H3. The number of nitrogens with two attached hydrogens (primary N) is 1. The summed E-state index contributed by atoms with van der Waals surface area (Å²) < 4.78 is 7.66. The fraction of sp³-hybridized carbons (Fsp3) is 0.500. The molecule has 2 heterocycles. The molecule has 1 aliphatic heterocycles. The monoisotopic (exact) mass is 286 g/mol. The minimum absolute atomic E-state index is 0.0248. The molecule has 5 nitrogen and oxygen atoms in total. The molecule has 2 N–H and O–H groups in total. The third-order valence-corrected chi connectivity index (χ3v) is 4.08. The number of ether oxygens (including phenoxy) is 1. The summed E-state index contributed by atoms with van der Waals surface area (Å²) in [6.45, 7) is 4.94. The van der Waals surface area contributed by atoms with Crippen LogP contribution in [-0.2, 0) is 6.42 Å². The first-order valence-electron chi connectivity index (χ1n) is 7.52. The Labute approximate surface area is 125 Å². The SMILES string of the molecule is CC(C)n1ncnc1CC(N)C1CCOc2ccccc21. The Bertz CT molecular complexity index is 608. The minimum atomic E-state index is 0.0248. The number of nitrogens with zero attached hydrogens (tertiary/aromatic N) is 3. The largest absolute Gasteiger partial charge is 0.493 e. The molecule has 112 valence electrons. The summed E-state index contributed by atoms with van der Waals surface area (Å²) in [5, 5.41) is 4.28. The zero-order chi connectivity index (χ0) is 14.8. The van der Waals surface area contributed by atoms with Gasteiger partial charge in [-0.15, -0.1) is 0 Å². The van der Waals surface area contributed by atoms with E-state index >= 15 is 0 Å². The highest BCUT2D eigenvalue weighted by molar-refractivity contribution is 5.38. The van der Waals surface area contributed by atoms with Crippen LogP contribution in [0.3, 0.4) is 0 Å². The molecule has 1 aromatic heterocycles. The molecule has 0 radical (unpaired) electrons. The number of aromatic nitrogens is 3. The first-order chi connectivity index (χ1) is 10.2. The van der Waals surface area contributed by atoms with Crippen molar-refractivity contribution in [3.05, 3.63) is 42.0 Å². The van der Waals surface area contributed by atoms with Gasteiger partial charge in [0.05, 0.1) is 6.61 Å². The Morgan fingerprint density at radius 3 is 3.00 bits per heavy atom. The number of para-hydroxylation sites is 1. The number of hydrogen-bond donors (Lipinski definition) is 1. The highest BCUT2D eigenvalue weighted by Crippen LogP contribution is 2.35. The average Bonchev–Trinajstić information content (AvgIpc) is 2.95. The van der Waals surface area contributed by atoms with E-state index in [1.165, 1.54) is 5.56 Å². The highest BCUT2D eigenvalue weighted by Gasteiger charge is 2.27. The van der Waals surface area contributed by atoms with Gasteiger partial charge in [0.25, 0.3) is 0 Å². The van der Waals surface area contributed by atoms with Gasteiger partial charge < -0.3 is 10.5 Å². The van der Waals surface area contributed by atoms with Gasteiger partial charge in [-0.05, 0) is 31.9 Å². The number of fused-ring (bicyclic) bond motifs is 1. The molecule has 2 unspecified atom stereocenters. The van der Waals surface area contributed by atoms with Crippen molar-refractivity contribution in [1.29, 1.82) is 0 Å². The molecular formula is C16H22N4O. The molecule has 21 heavy (non-hydrogen) atoms. The molecule has 0 bridgehead atoms. The molecule has 0 amide bonds. The third kappa shape index (κ3) is 2.78. The van der Waals surface area contributed by atoms with Gasteiger partial charge in [0, 0.05) is 24.4 Å². The lowest BCUT2D eigenvalue weighted by molar-refractivity contribution is 0.253. The maximum absolute atomic E-state index is 6.49. The van der Waals surface area contributed by atoms with Crippen molar-refractivity contribution >= 4 is 0 Å². The molecule has 0 aliphatic carbocycles. The van der Waals surface area contributed by atoms with Gasteiger partial charge in [0.15, 0.2) is 0 Å². The fourth-order valence-corrected chi connectivity index (χ4v) is 3.02. The zero-order valence-electron chi connectivity index (χ0n) is 12.6. The van der Waals surface area contributed by atoms with Crippen molar-refractivity contribution < 1.29 is 4.74 Å². The van der Waals surface area contributed by atoms with Crippen LogP contribution < -0.4 is 10.5 Å². The lowest BCUT2D eigenvalue weighted by atomic mass is 9.85.